The molecule has 3 N–H and O–H groups in total. The number of hydrogen-bond donors (Lipinski definition) is 3. The monoisotopic (exact) mass is 667 g/mol. The number of alkyl carbamates (subject to hydrolysis) is 1. The van der Waals surface area contributed by atoms with Crippen LogP contribution in [0.2, 0.25) is 0 Å². The van der Waals surface area contributed by atoms with E-state index in [1.54, 1.807) is 32.9 Å². The van der Waals surface area contributed by atoms with Gasteiger partial charge in [0.1, 0.15) is 35.1 Å². The first-order chi connectivity index (χ1) is 22.8. The lowest BCUT2D eigenvalue weighted by Crippen LogP contribution is -2.58. The van der Waals surface area contributed by atoms with E-state index in [1.807, 2.05) is 12.2 Å². The average molecular weight is 668 g/mol. The number of rotatable bonds is 4. The van der Waals surface area contributed by atoms with Crippen LogP contribution in [0.25, 0.3) is 0 Å². The Balaban J connectivity index is 1.23. The second-order valence-electron chi connectivity index (χ2n) is 14.8. The van der Waals surface area contributed by atoms with E-state index in [9.17, 15) is 28.4 Å². The summed E-state index contributed by atoms with van der Waals surface area (Å²) < 4.78 is 25.7. The van der Waals surface area contributed by atoms with Gasteiger partial charge >= 0.3 is 12.2 Å². The molecule has 5 atom stereocenters. The molecule has 3 fully saturated rings. The van der Waals surface area contributed by atoms with Gasteiger partial charge in [0.25, 0.3) is 0 Å². The van der Waals surface area contributed by atoms with Gasteiger partial charge in [-0.1, -0.05) is 37.1 Å². The minimum atomic E-state index is -1.13. The number of carbonyl (C=O) groups excluding carboxylic acids is 5. The molecule has 6 rings (SSSR count). The lowest BCUT2D eigenvalue weighted by atomic mass is 10.0. The summed E-state index contributed by atoms with van der Waals surface area (Å²) >= 11 is 0. The zero-order chi connectivity index (χ0) is 34.2. The van der Waals surface area contributed by atoms with Crippen LogP contribution in [0.4, 0.5) is 14.0 Å². The van der Waals surface area contributed by atoms with E-state index in [2.05, 4.69) is 16.0 Å². The van der Waals surface area contributed by atoms with Crippen molar-refractivity contribution in [2.45, 2.75) is 127 Å². The van der Waals surface area contributed by atoms with Gasteiger partial charge < -0.3 is 30.3 Å². The van der Waals surface area contributed by atoms with Crippen LogP contribution in [-0.4, -0.2) is 81.6 Å². The van der Waals surface area contributed by atoms with Crippen LogP contribution in [0.15, 0.2) is 30.4 Å². The number of ether oxygens (including phenoxy) is 2. The first-order valence-electron chi connectivity index (χ1n) is 17.1. The van der Waals surface area contributed by atoms with E-state index in [0.29, 0.717) is 30.4 Å². The quantitative estimate of drug-likeness (QED) is 0.414. The lowest BCUT2D eigenvalue weighted by molar-refractivity contribution is -0.141. The Hall–Kier alpha value is -4.16. The lowest BCUT2D eigenvalue weighted by Gasteiger charge is -2.30. The van der Waals surface area contributed by atoms with Gasteiger partial charge in [-0.15, -0.1) is 0 Å². The number of fused-ring (bicyclic) bond motifs is 3. The normalized spacial score (nSPS) is 29.7. The molecule has 5 amide bonds. The maximum Gasteiger partial charge on any atom is 0.410 e. The van der Waals surface area contributed by atoms with Crippen molar-refractivity contribution in [3.8, 4) is 0 Å². The van der Waals surface area contributed by atoms with Crippen LogP contribution in [-0.2, 0) is 36.9 Å². The van der Waals surface area contributed by atoms with Crippen LogP contribution in [0.5, 0.6) is 0 Å². The van der Waals surface area contributed by atoms with Crippen molar-refractivity contribution in [2.24, 2.45) is 5.92 Å². The number of carbonyl (C=O) groups is 5. The number of benzene rings is 1. The summed E-state index contributed by atoms with van der Waals surface area (Å²) in [5, 5.41) is 8.75. The van der Waals surface area contributed by atoms with Gasteiger partial charge in [-0.25, -0.2) is 14.0 Å². The van der Waals surface area contributed by atoms with E-state index in [1.165, 1.54) is 15.9 Å². The van der Waals surface area contributed by atoms with Gasteiger partial charge in [0, 0.05) is 30.5 Å². The fourth-order valence-corrected chi connectivity index (χ4v) is 6.88. The van der Waals surface area contributed by atoms with Crippen molar-refractivity contribution >= 4 is 29.9 Å². The minimum Gasteiger partial charge on any atom is -0.444 e. The highest BCUT2D eigenvalue weighted by Crippen LogP contribution is 2.46. The standard InChI is InChI=1S/C35H46FN5O7/c1-34(2,3)48-32(45)38-27-13-8-6-4-5-7-11-22-17-35(22,31(44)37-23-14-15-23)39-29(42)28-16-24(19-41(28)30(27)43)47-33(46)40-18-21-10-9-12-26(36)25(21)20-40/h7,9-12,22-24,27-28H,4-6,8,13-20H2,1-3H3,(H,37,44)(H,38,45)(H,39,42)/b11-7-/t22-,24-,27+,28+,35-/m1/s1. The van der Waals surface area contributed by atoms with Gasteiger partial charge in [-0.3, -0.25) is 19.3 Å². The van der Waals surface area contributed by atoms with Gasteiger partial charge in [0.2, 0.25) is 17.7 Å². The van der Waals surface area contributed by atoms with Crippen LogP contribution in [0, 0.1) is 11.7 Å². The summed E-state index contributed by atoms with van der Waals surface area (Å²) in [6.45, 7) is 5.33. The Morgan fingerprint density at radius 2 is 1.83 bits per heavy atom. The molecule has 260 valence electrons. The molecule has 0 unspecified atom stereocenters. The smallest absolute Gasteiger partial charge is 0.410 e. The van der Waals surface area contributed by atoms with Gasteiger partial charge in [-0.05, 0) is 70.9 Å². The molecule has 1 aromatic carbocycles. The Kier molecular flexibility index (Phi) is 9.41. The highest BCUT2D eigenvalue weighted by molar-refractivity contribution is 5.98. The number of halogens is 1. The Morgan fingerprint density at radius 1 is 1.04 bits per heavy atom. The molecule has 12 nitrogen and oxygen atoms in total. The minimum absolute atomic E-state index is 0.00154. The van der Waals surface area contributed by atoms with E-state index in [4.69, 9.17) is 9.47 Å². The van der Waals surface area contributed by atoms with Crippen molar-refractivity contribution in [1.29, 1.82) is 0 Å². The molecule has 48 heavy (non-hydrogen) atoms. The van der Waals surface area contributed by atoms with Crippen LogP contribution in [0.1, 0.15) is 89.7 Å². The fourth-order valence-electron chi connectivity index (χ4n) is 6.88. The molecule has 1 aromatic rings. The summed E-state index contributed by atoms with van der Waals surface area (Å²) in [6, 6.07) is 2.75. The van der Waals surface area contributed by atoms with Gasteiger partial charge in [0.05, 0.1) is 13.1 Å². The van der Waals surface area contributed by atoms with Crippen LogP contribution in [0.3, 0.4) is 0 Å². The van der Waals surface area contributed by atoms with E-state index < -0.39 is 59.1 Å². The molecule has 0 aromatic heterocycles. The molecule has 2 aliphatic carbocycles. The summed E-state index contributed by atoms with van der Waals surface area (Å²) in [4.78, 5) is 70.7. The topological polar surface area (TPSA) is 146 Å². The molecule has 3 heterocycles. The first-order valence-corrected chi connectivity index (χ1v) is 17.1. The Labute approximate surface area is 280 Å². The predicted octanol–water partition coefficient (Wildman–Crippen LogP) is 3.81. The zero-order valence-corrected chi connectivity index (χ0v) is 27.9. The molecule has 0 bridgehead atoms. The molecule has 2 saturated carbocycles. The van der Waals surface area contributed by atoms with Crippen molar-refractivity contribution in [3.05, 3.63) is 47.3 Å². The van der Waals surface area contributed by atoms with Crippen molar-refractivity contribution in [2.75, 3.05) is 6.54 Å². The molecular formula is C35H46FN5O7. The van der Waals surface area contributed by atoms with Gasteiger partial charge in [-0.2, -0.15) is 0 Å². The second kappa shape index (κ2) is 13.4. The SMILES string of the molecule is CC(C)(C)OC(=O)N[C@H]1CCCCC/C=C\[C@@H]2C[C@@]2(C(=O)NC2CC2)NC(=O)[C@@H]2C[C@@H](OC(=O)N3Cc4cccc(F)c4C3)CN2C1=O. The molecule has 5 aliphatic rings. The molecule has 13 heteroatoms. The van der Waals surface area contributed by atoms with Crippen LogP contribution < -0.4 is 16.0 Å². The van der Waals surface area contributed by atoms with E-state index in [0.717, 1.165) is 32.1 Å². The highest BCUT2D eigenvalue weighted by atomic mass is 19.1. The van der Waals surface area contributed by atoms with Crippen molar-refractivity contribution in [1.82, 2.24) is 25.8 Å². The largest absolute Gasteiger partial charge is 0.444 e. The maximum atomic E-state index is 14.4. The molecule has 0 radical (unpaired) electrons. The van der Waals surface area contributed by atoms with E-state index in [-0.39, 0.29) is 43.9 Å². The number of nitrogens with zero attached hydrogens (tertiary/aromatic N) is 2. The average Bonchev–Trinajstić information content (AvgIpc) is 3.86. The van der Waals surface area contributed by atoms with Crippen molar-refractivity contribution < 1.29 is 37.8 Å². The molecule has 0 spiro atoms. The molecular weight excluding hydrogens is 621 g/mol. The Morgan fingerprint density at radius 3 is 2.56 bits per heavy atom. The summed E-state index contributed by atoms with van der Waals surface area (Å²) in [7, 11) is 0. The highest BCUT2D eigenvalue weighted by Gasteiger charge is 2.61. The Bertz CT molecular complexity index is 1490. The second-order valence-corrected chi connectivity index (χ2v) is 14.8. The third-order valence-corrected chi connectivity index (χ3v) is 9.70. The van der Waals surface area contributed by atoms with Gasteiger partial charge in [0.15, 0.2) is 0 Å². The number of hydrogen-bond acceptors (Lipinski definition) is 7. The first kappa shape index (κ1) is 33.7. The number of amides is 5. The predicted molar refractivity (Wildman–Crippen MR) is 172 cm³/mol. The third kappa shape index (κ3) is 7.60. The third-order valence-electron chi connectivity index (χ3n) is 9.70. The number of allylic oxidation sites excluding steroid dienone is 1. The van der Waals surface area contributed by atoms with E-state index >= 15 is 0 Å². The van der Waals surface area contributed by atoms with Crippen molar-refractivity contribution in [3.63, 3.8) is 0 Å². The summed E-state index contributed by atoms with van der Waals surface area (Å²) in [5.41, 5.74) is -0.788. The van der Waals surface area contributed by atoms with Crippen LogP contribution >= 0.6 is 0 Å². The molecule has 3 aliphatic heterocycles. The number of nitrogens with one attached hydrogen (secondary N) is 3. The summed E-state index contributed by atoms with van der Waals surface area (Å²) in [5.74, 6) is -1.82. The molecule has 1 saturated heterocycles. The maximum absolute atomic E-state index is 14.4. The fraction of sp³-hybridized carbons (Fsp3) is 0.629. The zero-order valence-electron chi connectivity index (χ0n) is 27.9. The summed E-state index contributed by atoms with van der Waals surface area (Å²) in [6.07, 6.45) is 7.44.